The highest BCUT2D eigenvalue weighted by Crippen LogP contribution is 2.24. The van der Waals surface area contributed by atoms with Crippen molar-refractivity contribution in [3.8, 4) is 5.88 Å². The predicted octanol–water partition coefficient (Wildman–Crippen LogP) is 3.57. The van der Waals surface area contributed by atoms with Crippen LogP contribution in [0.4, 0.5) is 18.9 Å². The number of halogens is 3. The molecule has 11 heteroatoms. The fraction of sp³-hybridized carbons (Fsp3) is 0.238. The monoisotopic (exact) mass is 446 g/mol. The molecule has 2 heterocycles. The van der Waals surface area contributed by atoms with Crippen molar-refractivity contribution in [1.29, 1.82) is 0 Å². The van der Waals surface area contributed by atoms with Crippen LogP contribution in [-0.4, -0.2) is 48.5 Å². The number of aliphatic imine (C=N–C) groups is 2. The van der Waals surface area contributed by atoms with Crippen molar-refractivity contribution in [2.24, 2.45) is 9.98 Å². The van der Waals surface area contributed by atoms with E-state index in [-0.39, 0.29) is 17.0 Å². The molecule has 1 aliphatic heterocycles. The van der Waals surface area contributed by atoms with Crippen LogP contribution in [0.1, 0.15) is 28.9 Å². The Labute approximate surface area is 182 Å². The number of carbonyl (C=O) groups excluding carboxylic acids is 1. The van der Waals surface area contributed by atoms with Crippen LogP contribution in [0, 0.1) is 5.82 Å². The molecule has 1 atom stereocenters. The lowest BCUT2D eigenvalue weighted by Crippen LogP contribution is -2.24. The average Bonchev–Trinajstić information content (AvgIpc) is 3.17. The van der Waals surface area contributed by atoms with E-state index in [0.29, 0.717) is 12.2 Å². The number of anilines is 1. The molecule has 0 saturated heterocycles. The summed E-state index contributed by atoms with van der Waals surface area (Å²) in [7, 11) is 1.89. The van der Waals surface area contributed by atoms with Gasteiger partial charge in [-0.2, -0.15) is 8.78 Å². The van der Waals surface area contributed by atoms with E-state index in [0.717, 1.165) is 18.0 Å². The van der Waals surface area contributed by atoms with Gasteiger partial charge in [-0.05, 0) is 31.2 Å². The van der Waals surface area contributed by atoms with E-state index < -0.39 is 24.4 Å². The number of rotatable bonds is 8. The summed E-state index contributed by atoms with van der Waals surface area (Å²) >= 11 is 0. The second-order valence-electron chi connectivity index (χ2n) is 6.83. The van der Waals surface area contributed by atoms with Gasteiger partial charge < -0.3 is 15.5 Å². The lowest BCUT2D eigenvalue weighted by molar-refractivity contribution is -0.0528. The number of likely N-dealkylation sites (N-methyl/N-ethyl adjacent to an activating group) is 1. The molecule has 0 radical (unpaired) electrons. The van der Waals surface area contributed by atoms with Crippen molar-refractivity contribution in [2.75, 3.05) is 18.9 Å². The molecule has 1 aliphatic rings. The number of hydrogen-bond donors (Lipinski definition) is 2. The normalized spacial score (nSPS) is 15.2. The number of carbonyl (C=O) groups is 1. The molecule has 2 N–H and O–H groups in total. The number of hydrogen-bond acceptors (Lipinski definition) is 7. The minimum absolute atomic E-state index is 0.126. The van der Waals surface area contributed by atoms with E-state index in [9.17, 15) is 18.0 Å². The van der Waals surface area contributed by atoms with E-state index in [2.05, 4.69) is 30.4 Å². The van der Waals surface area contributed by atoms with Crippen LogP contribution < -0.4 is 15.5 Å². The topological polar surface area (TPSA) is 91.2 Å². The van der Waals surface area contributed by atoms with Crippen LogP contribution in [-0.2, 0) is 0 Å². The molecule has 1 aromatic heterocycles. The van der Waals surface area contributed by atoms with Crippen LogP contribution in [0.2, 0.25) is 0 Å². The zero-order valence-corrected chi connectivity index (χ0v) is 17.3. The van der Waals surface area contributed by atoms with Gasteiger partial charge in [0.1, 0.15) is 5.82 Å². The Balaban J connectivity index is 1.63. The van der Waals surface area contributed by atoms with Crippen LogP contribution >= 0.6 is 0 Å². The second-order valence-corrected chi connectivity index (χ2v) is 6.83. The minimum Gasteiger partial charge on any atom is -0.417 e. The summed E-state index contributed by atoms with van der Waals surface area (Å²) in [6.45, 7) is -0.632. The first kappa shape index (κ1) is 22.9. The molecule has 0 aliphatic carbocycles. The van der Waals surface area contributed by atoms with Crippen LogP contribution in [0.15, 0.2) is 58.4 Å². The maximum Gasteiger partial charge on any atom is 0.388 e. The van der Waals surface area contributed by atoms with E-state index in [4.69, 9.17) is 0 Å². The number of hydrazine groups is 1. The first-order chi connectivity index (χ1) is 15.3. The van der Waals surface area contributed by atoms with E-state index in [1.807, 2.05) is 12.1 Å². The standard InChI is InChI=1S/C21H21F3N6O2/c1-13(25-7-8-26-16-11-28-30(2)12-16)17-9-15(4-5-18(17)22)29-20(31)14-3-6-19(27-10-14)32-21(23)24/h3-11,13,21,28H,12H2,1-2H3,(H,29,31). The van der Waals surface area contributed by atoms with Crippen molar-refractivity contribution in [3.05, 3.63) is 65.4 Å². The highest BCUT2D eigenvalue weighted by molar-refractivity contribution is 6.16. The maximum absolute atomic E-state index is 14.3. The van der Waals surface area contributed by atoms with Crippen molar-refractivity contribution < 1.29 is 22.7 Å². The number of alkyl halides is 2. The molecule has 0 spiro atoms. The summed E-state index contributed by atoms with van der Waals surface area (Å²) in [6.07, 6.45) is 5.90. The van der Waals surface area contributed by atoms with Gasteiger partial charge in [-0.1, -0.05) is 0 Å². The first-order valence-electron chi connectivity index (χ1n) is 9.55. The maximum atomic E-state index is 14.3. The zero-order chi connectivity index (χ0) is 23.1. The Morgan fingerprint density at radius 2 is 2.12 bits per heavy atom. The summed E-state index contributed by atoms with van der Waals surface area (Å²) in [5, 5.41) is 4.48. The molecule has 32 heavy (non-hydrogen) atoms. The third-order valence-electron chi connectivity index (χ3n) is 4.38. The Kier molecular flexibility index (Phi) is 7.55. The lowest BCUT2D eigenvalue weighted by Gasteiger charge is -2.11. The smallest absolute Gasteiger partial charge is 0.388 e. The minimum atomic E-state index is -3.01. The lowest BCUT2D eigenvalue weighted by atomic mass is 10.1. The highest BCUT2D eigenvalue weighted by Gasteiger charge is 2.14. The van der Waals surface area contributed by atoms with Gasteiger partial charge in [0.25, 0.3) is 5.91 Å². The van der Waals surface area contributed by atoms with Gasteiger partial charge in [-0.15, -0.1) is 0 Å². The van der Waals surface area contributed by atoms with E-state index >= 15 is 0 Å². The fourth-order valence-corrected chi connectivity index (χ4v) is 2.79. The van der Waals surface area contributed by atoms with Gasteiger partial charge >= 0.3 is 6.61 Å². The Hall–Kier alpha value is -3.73. The molecule has 0 saturated carbocycles. The average molecular weight is 446 g/mol. The summed E-state index contributed by atoms with van der Waals surface area (Å²) in [6, 6.07) is 6.05. The molecule has 0 fully saturated rings. The molecule has 2 aromatic rings. The number of nitrogens with one attached hydrogen (secondary N) is 2. The summed E-state index contributed by atoms with van der Waals surface area (Å²) < 4.78 is 42.8. The molecule has 1 aromatic carbocycles. The second kappa shape index (κ2) is 10.5. The summed E-state index contributed by atoms with van der Waals surface area (Å²) in [5.41, 5.74) is 4.58. The van der Waals surface area contributed by atoms with Gasteiger partial charge in [0.15, 0.2) is 0 Å². The third kappa shape index (κ3) is 6.38. The fourth-order valence-electron chi connectivity index (χ4n) is 2.79. The molecule has 8 nitrogen and oxygen atoms in total. The zero-order valence-electron chi connectivity index (χ0n) is 17.3. The van der Waals surface area contributed by atoms with Gasteiger partial charge in [0.2, 0.25) is 5.88 Å². The van der Waals surface area contributed by atoms with Crippen LogP contribution in [0.3, 0.4) is 0 Å². The van der Waals surface area contributed by atoms with Crippen LogP contribution in [0.5, 0.6) is 5.88 Å². The van der Waals surface area contributed by atoms with Gasteiger partial charge in [0.05, 0.1) is 23.8 Å². The first-order valence-corrected chi connectivity index (χ1v) is 9.55. The number of nitrogens with zero attached hydrogens (tertiary/aromatic N) is 4. The van der Waals surface area contributed by atoms with Gasteiger partial charge in [-0.25, -0.2) is 14.4 Å². The molecule has 3 rings (SSSR count). The largest absolute Gasteiger partial charge is 0.417 e. The Morgan fingerprint density at radius 3 is 2.78 bits per heavy atom. The van der Waals surface area contributed by atoms with Gasteiger partial charge in [0, 0.05) is 49.2 Å². The number of aromatic nitrogens is 1. The highest BCUT2D eigenvalue weighted by atomic mass is 19.3. The van der Waals surface area contributed by atoms with Crippen LogP contribution in [0.25, 0.3) is 0 Å². The molecule has 1 amide bonds. The summed E-state index contributed by atoms with van der Waals surface area (Å²) in [5.74, 6) is -1.31. The Bertz CT molecular complexity index is 1040. The van der Waals surface area contributed by atoms with Gasteiger partial charge in [-0.3, -0.25) is 14.8 Å². The quantitative estimate of drug-likeness (QED) is 0.605. The van der Waals surface area contributed by atoms with E-state index in [1.54, 1.807) is 13.1 Å². The molecule has 168 valence electrons. The SMILES string of the molecule is CC(N=CC=NC1=CNN(C)C1)c1cc(NC(=O)c2ccc(OC(F)F)nc2)ccc1F. The molecule has 1 unspecified atom stereocenters. The number of benzene rings is 1. The summed E-state index contributed by atoms with van der Waals surface area (Å²) in [4.78, 5) is 24.6. The van der Waals surface area contributed by atoms with Crippen molar-refractivity contribution >= 4 is 24.0 Å². The molecular formula is C21H21F3N6O2. The number of pyridine rings is 1. The van der Waals surface area contributed by atoms with Crippen molar-refractivity contribution in [3.63, 3.8) is 0 Å². The number of amides is 1. The van der Waals surface area contributed by atoms with Crippen molar-refractivity contribution in [2.45, 2.75) is 19.6 Å². The molecule has 0 bridgehead atoms. The number of ether oxygens (including phenoxy) is 1. The van der Waals surface area contributed by atoms with E-state index in [1.165, 1.54) is 36.7 Å². The molecular weight excluding hydrogens is 425 g/mol. The third-order valence-corrected chi connectivity index (χ3v) is 4.38. The Morgan fingerprint density at radius 1 is 1.31 bits per heavy atom. The predicted molar refractivity (Wildman–Crippen MR) is 114 cm³/mol. The van der Waals surface area contributed by atoms with Crippen molar-refractivity contribution in [1.82, 2.24) is 15.4 Å².